The molecule has 186 valence electrons. The van der Waals surface area contributed by atoms with Crippen molar-refractivity contribution in [3.63, 3.8) is 0 Å². The number of ether oxygens (including phenoxy) is 1. The zero-order chi connectivity index (χ0) is 24.5. The Labute approximate surface area is 213 Å². The van der Waals surface area contributed by atoms with Crippen LogP contribution in [-0.2, 0) is 16.6 Å². The van der Waals surface area contributed by atoms with Crippen LogP contribution in [-0.4, -0.2) is 26.0 Å². The molecule has 6 nitrogen and oxygen atoms in total. The molecule has 0 radical (unpaired) electrons. The van der Waals surface area contributed by atoms with Crippen molar-refractivity contribution < 1.29 is 21.9 Å². The van der Waals surface area contributed by atoms with Crippen LogP contribution in [0.5, 0.6) is 5.75 Å². The van der Waals surface area contributed by atoms with E-state index in [1.54, 1.807) is 19.3 Å². The molecule has 0 aliphatic rings. The first kappa shape index (κ1) is 26.7. The molecule has 0 amide bonds. The monoisotopic (exact) mass is 541 g/mol. The molecular formula is C24H23Cl2F2N3O3S. The Morgan fingerprint density at radius 3 is 2.40 bits per heavy atom. The van der Waals surface area contributed by atoms with E-state index in [-0.39, 0.29) is 23.1 Å². The van der Waals surface area contributed by atoms with Crippen molar-refractivity contribution in [3.8, 4) is 5.75 Å². The Morgan fingerprint density at radius 2 is 1.77 bits per heavy atom. The van der Waals surface area contributed by atoms with E-state index in [1.165, 1.54) is 28.2 Å². The Kier molecular flexibility index (Phi) is 8.27. The number of rotatable bonds is 8. The Morgan fingerprint density at radius 1 is 1.06 bits per heavy atom. The highest BCUT2D eigenvalue weighted by atomic mass is 35.5. The van der Waals surface area contributed by atoms with Gasteiger partial charge in [0.05, 0.1) is 21.1 Å². The third kappa shape index (κ3) is 5.70. The molecule has 2 N–H and O–H groups in total. The lowest BCUT2D eigenvalue weighted by Gasteiger charge is -2.12. The molecule has 4 aromatic rings. The van der Waals surface area contributed by atoms with Gasteiger partial charge in [-0.3, -0.25) is 0 Å². The van der Waals surface area contributed by atoms with E-state index in [4.69, 9.17) is 11.6 Å². The first-order chi connectivity index (χ1) is 16.2. The number of nitrogens with one attached hydrogen (secondary N) is 2. The second kappa shape index (κ2) is 10.8. The van der Waals surface area contributed by atoms with Crippen LogP contribution in [0, 0.1) is 6.92 Å². The Bertz CT molecular complexity index is 1440. The van der Waals surface area contributed by atoms with Gasteiger partial charge in [-0.15, -0.1) is 12.4 Å². The fourth-order valence-electron chi connectivity index (χ4n) is 3.66. The lowest BCUT2D eigenvalue weighted by Crippen LogP contribution is -2.12. The summed E-state index contributed by atoms with van der Waals surface area (Å²) in [6.07, 6.45) is 1.56. The quantitative estimate of drug-likeness (QED) is 0.273. The SMILES string of the molecule is CNCc1cn(S(=O)(=O)c2ccc(OC(F)F)cc2)c2cc(Nc3ccc(C)cc3Cl)ccc12.Cl. The summed E-state index contributed by atoms with van der Waals surface area (Å²) in [6, 6.07) is 15.9. The highest BCUT2D eigenvalue weighted by Gasteiger charge is 2.22. The van der Waals surface area contributed by atoms with Crippen molar-refractivity contribution in [2.75, 3.05) is 12.4 Å². The molecule has 0 saturated carbocycles. The number of hydrogen-bond acceptors (Lipinski definition) is 5. The first-order valence-electron chi connectivity index (χ1n) is 10.3. The van der Waals surface area contributed by atoms with Crippen molar-refractivity contribution >= 4 is 56.3 Å². The topological polar surface area (TPSA) is 72.4 Å². The third-order valence-corrected chi connectivity index (χ3v) is 7.23. The van der Waals surface area contributed by atoms with Gasteiger partial charge in [0.15, 0.2) is 0 Å². The molecule has 0 saturated heterocycles. The van der Waals surface area contributed by atoms with Crippen LogP contribution in [0.1, 0.15) is 11.1 Å². The van der Waals surface area contributed by atoms with Gasteiger partial charge in [-0.2, -0.15) is 8.78 Å². The van der Waals surface area contributed by atoms with E-state index in [9.17, 15) is 17.2 Å². The second-order valence-corrected chi connectivity index (χ2v) is 9.90. The summed E-state index contributed by atoms with van der Waals surface area (Å²) in [5.41, 5.74) is 3.62. The van der Waals surface area contributed by atoms with E-state index < -0.39 is 16.6 Å². The van der Waals surface area contributed by atoms with Crippen molar-refractivity contribution in [2.24, 2.45) is 0 Å². The molecule has 0 atom stereocenters. The predicted octanol–water partition coefficient (Wildman–Crippen LogP) is 6.33. The normalized spacial score (nSPS) is 11.5. The lowest BCUT2D eigenvalue weighted by atomic mass is 10.1. The fourth-order valence-corrected chi connectivity index (χ4v) is 5.32. The van der Waals surface area contributed by atoms with Crippen molar-refractivity contribution in [1.29, 1.82) is 0 Å². The molecule has 11 heteroatoms. The molecule has 0 unspecified atom stereocenters. The molecule has 1 heterocycles. The maximum absolute atomic E-state index is 13.5. The van der Waals surface area contributed by atoms with E-state index in [0.29, 0.717) is 28.5 Å². The lowest BCUT2D eigenvalue weighted by molar-refractivity contribution is -0.0498. The van der Waals surface area contributed by atoms with Crippen LogP contribution in [0.3, 0.4) is 0 Å². The number of hydrogen-bond donors (Lipinski definition) is 2. The second-order valence-electron chi connectivity index (χ2n) is 7.68. The molecular weight excluding hydrogens is 519 g/mol. The number of halogens is 4. The van der Waals surface area contributed by atoms with Crippen LogP contribution < -0.4 is 15.4 Å². The summed E-state index contributed by atoms with van der Waals surface area (Å²) >= 11 is 6.34. The van der Waals surface area contributed by atoms with Gasteiger partial charge in [0.2, 0.25) is 0 Å². The number of nitrogens with zero attached hydrogens (tertiary/aromatic N) is 1. The summed E-state index contributed by atoms with van der Waals surface area (Å²) < 4.78 is 57.3. The smallest absolute Gasteiger partial charge is 0.387 e. The summed E-state index contributed by atoms with van der Waals surface area (Å²) in [5.74, 6) is -0.122. The highest BCUT2D eigenvalue weighted by Crippen LogP contribution is 2.32. The first-order valence-corrected chi connectivity index (χ1v) is 12.1. The predicted molar refractivity (Wildman–Crippen MR) is 137 cm³/mol. The summed E-state index contributed by atoms with van der Waals surface area (Å²) in [4.78, 5) is -0.0537. The van der Waals surface area contributed by atoms with Gasteiger partial charge in [0.25, 0.3) is 10.0 Å². The molecule has 0 fully saturated rings. The number of alkyl halides is 2. The highest BCUT2D eigenvalue weighted by molar-refractivity contribution is 7.90. The van der Waals surface area contributed by atoms with Crippen molar-refractivity contribution in [3.05, 3.63) is 83.0 Å². The number of aryl methyl sites for hydroxylation is 1. The van der Waals surface area contributed by atoms with Crippen molar-refractivity contribution in [2.45, 2.75) is 25.0 Å². The van der Waals surface area contributed by atoms with E-state index in [1.807, 2.05) is 37.3 Å². The van der Waals surface area contributed by atoms with E-state index in [0.717, 1.165) is 16.5 Å². The minimum Gasteiger partial charge on any atom is -0.435 e. The van der Waals surface area contributed by atoms with Gasteiger partial charge < -0.3 is 15.4 Å². The molecule has 0 aliphatic carbocycles. The molecule has 0 aliphatic heterocycles. The van der Waals surface area contributed by atoms with Crippen LogP contribution in [0.4, 0.5) is 20.2 Å². The Balaban J connectivity index is 0.00000342. The molecule has 3 aromatic carbocycles. The third-order valence-electron chi connectivity index (χ3n) is 5.23. The van der Waals surface area contributed by atoms with Gasteiger partial charge >= 0.3 is 6.61 Å². The zero-order valence-electron chi connectivity index (χ0n) is 18.8. The van der Waals surface area contributed by atoms with Crippen LogP contribution in [0.25, 0.3) is 10.9 Å². The summed E-state index contributed by atoms with van der Waals surface area (Å²) in [6.45, 7) is -0.598. The number of fused-ring (bicyclic) bond motifs is 1. The molecule has 4 rings (SSSR count). The van der Waals surface area contributed by atoms with Gasteiger partial charge in [-0.05, 0) is 73.6 Å². The van der Waals surface area contributed by atoms with Gasteiger partial charge in [-0.1, -0.05) is 23.7 Å². The molecule has 35 heavy (non-hydrogen) atoms. The van der Waals surface area contributed by atoms with Gasteiger partial charge in [0, 0.05) is 23.8 Å². The number of aromatic nitrogens is 1. The summed E-state index contributed by atoms with van der Waals surface area (Å²) in [5, 5.41) is 7.59. The zero-order valence-corrected chi connectivity index (χ0v) is 21.1. The number of anilines is 2. The minimum absolute atomic E-state index is 0. The van der Waals surface area contributed by atoms with Gasteiger partial charge in [0.1, 0.15) is 5.75 Å². The minimum atomic E-state index is -4.02. The van der Waals surface area contributed by atoms with Crippen molar-refractivity contribution in [1.82, 2.24) is 9.29 Å². The molecule has 1 aromatic heterocycles. The van der Waals surface area contributed by atoms with E-state index in [2.05, 4.69) is 15.4 Å². The average molecular weight is 542 g/mol. The summed E-state index contributed by atoms with van der Waals surface area (Å²) in [7, 11) is -2.25. The maximum Gasteiger partial charge on any atom is 0.387 e. The maximum atomic E-state index is 13.5. The average Bonchev–Trinajstić information content (AvgIpc) is 3.14. The van der Waals surface area contributed by atoms with Gasteiger partial charge in [-0.25, -0.2) is 12.4 Å². The fraction of sp³-hybridized carbons (Fsp3) is 0.167. The van der Waals surface area contributed by atoms with Crippen LogP contribution in [0.2, 0.25) is 5.02 Å². The van der Waals surface area contributed by atoms with Crippen LogP contribution >= 0.6 is 24.0 Å². The molecule has 0 spiro atoms. The standard InChI is InChI=1S/C24H22ClF2N3O3S.ClH/c1-15-3-10-22(21(25)11-15)29-17-4-9-20-16(13-28-2)14-30(23(20)12-17)34(31,32)19-7-5-18(6-8-19)33-24(26)27;/h3-12,14,24,28-29H,13H2,1-2H3;1H. The van der Waals surface area contributed by atoms with Crippen LogP contribution in [0.15, 0.2) is 71.8 Å². The number of benzene rings is 3. The Hall–Kier alpha value is -2.85. The largest absolute Gasteiger partial charge is 0.435 e. The van der Waals surface area contributed by atoms with E-state index >= 15 is 0 Å². The molecule has 0 bridgehead atoms.